The quantitative estimate of drug-likeness (QED) is 0.443. The Morgan fingerprint density at radius 1 is 1.06 bits per heavy atom. The predicted octanol–water partition coefficient (Wildman–Crippen LogP) is 3.80. The smallest absolute Gasteiger partial charge is 0.257 e. The predicted molar refractivity (Wildman–Crippen MR) is 121 cm³/mol. The number of nitrogens with zero attached hydrogens (tertiary/aromatic N) is 5. The highest BCUT2D eigenvalue weighted by atomic mass is 16.5. The first-order valence-corrected chi connectivity index (χ1v) is 10.3. The van der Waals surface area contributed by atoms with Gasteiger partial charge in [0.25, 0.3) is 5.91 Å². The van der Waals surface area contributed by atoms with Crippen molar-refractivity contribution in [3.63, 3.8) is 0 Å². The molecule has 0 aliphatic heterocycles. The van der Waals surface area contributed by atoms with Crippen LogP contribution < -0.4 is 9.47 Å². The van der Waals surface area contributed by atoms with Gasteiger partial charge in [0, 0.05) is 19.7 Å². The van der Waals surface area contributed by atoms with E-state index in [0.717, 1.165) is 22.1 Å². The molecule has 0 atom stereocenters. The van der Waals surface area contributed by atoms with E-state index < -0.39 is 0 Å². The normalized spacial score (nSPS) is 10.9. The summed E-state index contributed by atoms with van der Waals surface area (Å²) in [5.74, 6) is 1.69. The van der Waals surface area contributed by atoms with Gasteiger partial charge >= 0.3 is 0 Å². The minimum absolute atomic E-state index is 0.109. The summed E-state index contributed by atoms with van der Waals surface area (Å²) < 4.78 is 12.2. The summed E-state index contributed by atoms with van der Waals surface area (Å²) in [6, 6.07) is 15.6. The number of carbonyl (C=O) groups excluding carboxylic acids is 1. The van der Waals surface area contributed by atoms with Gasteiger partial charge in [-0.15, -0.1) is 10.2 Å². The molecule has 0 radical (unpaired) electrons. The van der Waals surface area contributed by atoms with Crippen molar-refractivity contribution in [1.29, 1.82) is 0 Å². The van der Waals surface area contributed by atoms with E-state index in [1.807, 2.05) is 44.2 Å². The second-order valence-corrected chi connectivity index (χ2v) is 7.43. The Morgan fingerprint density at radius 2 is 1.84 bits per heavy atom. The van der Waals surface area contributed by atoms with E-state index in [1.54, 1.807) is 42.1 Å². The average molecular weight is 431 g/mol. The fraction of sp³-hybridized carbons (Fsp3) is 0.250. The van der Waals surface area contributed by atoms with Gasteiger partial charge in [0.1, 0.15) is 5.75 Å². The molecular formula is C24H25N5O3. The summed E-state index contributed by atoms with van der Waals surface area (Å²) in [6.07, 6.45) is 1.57. The van der Waals surface area contributed by atoms with Crippen LogP contribution in [0.4, 0.5) is 0 Å². The maximum absolute atomic E-state index is 13.1. The first kappa shape index (κ1) is 21.3. The second kappa shape index (κ2) is 9.05. The van der Waals surface area contributed by atoms with E-state index in [1.165, 1.54) is 0 Å². The SMILES string of the molecule is CCOc1ccc(-n2ncc(C(=O)N(C)Cc3ccc4cc(OC)ccc4c3)c2C)nn1. The summed E-state index contributed by atoms with van der Waals surface area (Å²) in [4.78, 5) is 14.8. The van der Waals surface area contributed by atoms with Crippen LogP contribution in [0, 0.1) is 6.92 Å². The number of hydrogen-bond donors (Lipinski definition) is 0. The van der Waals surface area contributed by atoms with Crippen LogP contribution in [0.3, 0.4) is 0 Å². The lowest BCUT2D eigenvalue weighted by molar-refractivity contribution is 0.0784. The van der Waals surface area contributed by atoms with Crippen molar-refractivity contribution < 1.29 is 14.3 Å². The third-order valence-electron chi connectivity index (χ3n) is 5.25. The Kier molecular flexibility index (Phi) is 6.02. The zero-order valence-corrected chi connectivity index (χ0v) is 18.6. The molecule has 0 spiro atoms. The summed E-state index contributed by atoms with van der Waals surface area (Å²) >= 11 is 0. The van der Waals surface area contributed by atoms with Crippen molar-refractivity contribution in [1.82, 2.24) is 24.9 Å². The standard InChI is InChI=1S/C24H25N5O3/c1-5-32-23-11-10-22(26-27-23)29-16(2)21(14-25-29)24(30)28(3)15-17-6-7-19-13-20(31-4)9-8-18(19)12-17/h6-14H,5,15H2,1-4H3. The van der Waals surface area contributed by atoms with Crippen LogP contribution in [0.2, 0.25) is 0 Å². The lowest BCUT2D eigenvalue weighted by atomic mass is 10.1. The minimum Gasteiger partial charge on any atom is -0.497 e. The molecule has 8 heteroatoms. The number of carbonyl (C=O) groups is 1. The van der Waals surface area contributed by atoms with Gasteiger partial charge < -0.3 is 14.4 Å². The Hall–Kier alpha value is -3.94. The first-order chi connectivity index (χ1) is 15.5. The maximum atomic E-state index is 13.1. The highest BCUT2D eigenvalue weighted by Gasteiger charge is 2.19. The molecule has 8 nitrogen and oxygen atoms in total. The monoisotopic (exact) mass is 431 g/mol. The molecule has 4 rings (SSSR count). The van der Waals surface area contributed by atoms with Crippen LogP contribution in [0.1, 0.15) is 28.5 Å². The second-order valence-electron chi connectivity index (χ2n) is 7.43. The Morgan fingerprint density at radius 3 is 2.56 bits per heavy atom. The van der Waals surface area contributed by atoms with Crippen LogP contribution in [0.15, 0.2) is 54.7 Å². The summed E-state index contributed by atoms with van der Waals surface area (Å²) in [7, 11) is 3.44. The number of amides is 1. The van der Waals surface area contributed by atoms with E-state index in [0.29, 0.717) is 36.1 Å². The van der Waals surface area contributed by atoms with Gasteiger partial charge in [-0.3, -0.25) is 4.79 Å². The molecular weight excluding hydrogens is 406 g/mol. The molecule has 164 valence electrons. The van der Waals surface area contributed by atoms with E-state index in [-0.39, 0.29) is 5.91 Å². The van der Waals surface area contributed by atoms with Crippen LogP contribution in [0.25, 0.3) is 16.6 Å². The Bertz CT molecular complexity index is 1250. The molecule has 2 aromatic carbocycles. The lowest BCUT2D eigenvalue weighted by Gasteiger charge is -2.17. The van der Waals surface area contributed by atoms with Crippen LogP contribution >= 0.6 is 0 Å². The van der Waals surface area contributed by atoms with Crippen LogP contribution in [-0.2, 0) is 6.54 Å². The average Bonchev–Trinajstić information content (AvgIpc) is 3.20. The molecule has 0 bridgehead atoms. The highest BCUT2D eigenvalue weighted by Crippen LogP contribution is 2.23. The Balaban J connectivity index is 1.51. The molecule has 4 aromatic rings. The molecule has 0 unspecified atom stereocenters. The van der Waals surface area contributed by atoms with E-state index in [2.05, 4.69) is 21.4 Å². The molecule has 0 saturated heterocycles. The zero-order valence-electron chi connectivity index (χ0n) is 18.6. The first-order valence-electron chi connectivity index (χ1n) is 10.3. The highest BCUT2D eigenvalue weighted by molar-refractivity contribution is 5.95. The fourth-order valence-corrected chi connectivity index (χ4v) is 3.55. The van der Waals surface area contributed by atoms with Crippen molar-refractivity contribution in [3.8, 4) is 17.4 Å². The van der Waals surface area contributed by atoms with Gasteiger partial charge in [0.2, 0.25) is 5.88 Å². The molecule has 0 saturated carbocycles. The van der Waals surface area contributed by atoms with Gasteiger partial charge in [0.15, 0.2) is 5.82 Å². The molecule has 32 heavy (non-hydrogen) atoms. The topological polar surface area (TPSA) is 82.4 Å². The number of hydrogen-bond acceptors (Lipinski definition) is 6. The number of ether oxygens (including phenoxy) is 2. The van der Waals surface area contributed by atoms with Crippen molar-refractivity contribution in [3.05, 3.63) is 71.5 Å². The molecule has 2 heterocycles. The van der Waals surface area contributed by atoms with Crippen molar-refractivity contribution >= 4 is 16.7 Å². The molecule has 0 aliphatic rings. The van der Waals surface area contributed by atoms with E-state index >= 15 is 0 Å². The molecule has 2 aromatic heterocycles. The summed E-state index contributed by atoms with van der Waals surface area (Å²) in [5.41, 5.74) is 2.26. The van der Waals surface area contributed by atoms with Gasteiger partial charge in [-0.05, 0) is 54.4 Å². The summed E-state index contributed by atoms with van der Waals surface area (Å²) in [6.45, 7) is 4.73. The minimum atomic E-state index is -0.109. The largest absolute Gasteiger partial charge is 0.497 e. The van der Waals surface area contributed by atoms with Crippen LogP contribution in [-0.4, -0.2) is 51.5 Å². The molecule has 0 aliphatic carbocycles. The third kappa shape index (κ3) is 4.25. The number of methoxy groups -OCH3 is 1. The molecule has 1 amide bonds. The third-order valence-corrected chi connectivity index (χ3v) is 5.25. The van der Waals surface area contributed by atoms with Gasteiger partial charge in [-0.1, -0.05) is 18.2 Å². The number of benzene rings is 2. The fourth-order valence-electron chi connectivity index (χ4n) is 3.55. The maximum Gasteiger partial charge on any atom is 0.257 e. The number of aromatic nitrogens is 4. The van der Waals surface area contributed by atoms with E-state index in [9.17, 15) is 4.79 Å². The Labute approximate surface area is 186 Å². The van der Waals surface area contributed by atoms with E-state index in [4.69, 9.17) is 9.47 Å². The van der Waals surface area contributed by atoms with Crippen molar-refractivity contribution in [2.75, 3.05) is 20.8 Å². The summed E-state index contributed by atoms with van der Waals surface area (Å²) in [5, 5.41) is 14.7. The van der Waals surface area contributed by atoms with Crippen molar-refractivity contribution in [2.24, 2.45) is 0 Å². The molecule has 0 N–H and O–H groups in total. The number of fused-ring (bicyclic) bond motifs is 1. The van der Waals surface area contributed by atoms with Gasteiger partial charge in [-0.2, -0.15) is 5.10 Å². The molecule has 0 fully saturated rings. The van der Waals surface area contributed by atoms with Gasteiger partial charge in [-0.25, -0.2) is 4.68 Å². The number of rotatable bonds is 7. The van der Waals surface area contributed by atoms with Gasteiger partial charge in [0.05, 0.1) is 31.2 Å². The van der Waals surface area contributed by atoms with Crippen molar-refractivity contribution in [2.45, 2.75) is 20.4 Å². The van der Waals surface area contributed by atoms with Crippen LogP contribution in [0.5, 0.6) is 11.6 Å². The lowest BCUT2D eigenvalue weighted by Crippen LogP contribution is -2.26. The zero-order chi connectivity index (χ0) is 22.7.